The molecule has 0 bridgehead atoms. The van der Waals surface area contributed by atoms with Gasteiger partial charge in [0, 0.05) is 19.0 Å². The van der Waals surface area contributed by atoms with Crippen molar-refractivity contribution in [3.8, 4) is 11.5 Å². The second-order valence-electron chi connectivity index (χ2n) is 4.25. The summed E-state index contributed by atoms with van der Waals surface area (Å²) in [7, 11) is 3.27. The summed E-state index contributed by atoms with van der Waals surface area (Å²) in [5.74, 6) is 1.75. The maximum absolute atomic E-state index is 10.9. The Morgan fingerprint density at radius 2 is 2.00 bits per heavy atom. The van der Waals surface area contributed by atoms with E-state index in [0.29, 0.717) is 6.42 Å². The second kappa shape index (κ2) is 6.89. The van der Waals surface area contributed by atoms with E-state index in [1.54, 1.807) is 21.1 Å². The highest BCUT2D eigenvalue weighted by atomic mass is 16.5. The smallest absolute Gasteiger partial charge is 0.145 e. The van der Waals surface area contributed by atoms with Gasteiger partial charge in [0.15, 0.2) is 0 Å². The van der Waals surface area contributed by atoms with Gasteiger partial charge in [-0.3, -0.25) is 0 Å². The zero-order chi connectivity index (χ0) is 13.5. The summed E-state index contributed by atoms with van der Waals surface area (Å²) in [5, 5.41) is 3.31. The third kappa shape index (κ3) is 3.95. The Morgan fingerprint density at radius 3 is 2.56 bits per heavy atom. The van der Waals surface area contributed by atoms with Gasteiger partial charge in [-0.2, -0.15) is 0 Å². The number of carbonyl (C=O) groups is 1. The number of ketones is 1. The molecule has 1 rings (SSSR count). The Labute approximate surface area is 108 Å². The Hall–Kier alpha value is -1.71. The molecule has 0 saturated heterocycles. The summed E-state index contributed by atoms with van der Waals surface area (Å²) in [4.78, 5) is 10.9. The van der Waals surface area contributed by atoms with Gasteiger partial charge in [0.1, 0.15) is 17.3 Å². The van der Waals surface area contributed by atoms with Crippen LogP contribution in [0.4, 0.5) is 5.69 Å². The first-order chi connectivity index (χ1) is 8.58. The topological polar surface area (TPSA) is 47.6 Å². The van der Waals surface area contributed by atoms with Gasteiger partial charge in [0.2, 0.25) is 0 Å². The summed E-state index contributed by atoms with van der Waals surface area (Å²) in [6, 6.07) is 3.80. The van der Waals surface area contributed by atoms with Crippen molar-refractivity contribution in [3.05, 3.63) is 17.7 Å². The standard InChI is InChI=1S/C14H21NO3/c1-10-8-12(17-3)9-13(18-4)14(10)15-7-5-6-11(2)16/h8-9,15H,5-7H2,1-4H3. The lowest BCUT2D eigenvalue weighted by Crippen LogP contribution is -2.06. The zero-order valence-corrected chi connectivity index (χ0v) is 11.5. The molecule has 0 aliphatic carbocycles. The van der Waals surface area contributed by atoms with Crippen LogP contribution in [-0.2, 0) is 4.79 Å². The molecule has 18 heavy (non-hydrogen) atoms. The molecule has 0 atom stereocenters. The van der Waals surface area contributed by atoms with E-state index >= 15 is 0 Å². The Kier molecular flexibility index (Phi) is 5.49. The maximum Gasteiger partial charge on any atom is 0.145 e. The molecule has 4 nitrogen and oxygen atoms in total. The SMILES string of the molecule is COc1cc(C)c(NCCCC(C)=O)c(OC)c1. The van der Waals surface area contributed by atoms with Gasteiger partial charge in [-0.1, -0.05) is 0 Å². The number of hydrogen-bond acceptors (Lipinski definition) is 4. The van der Waals surface area contributed by atoms with Gasteiger partial charge >= 0.3 is 0 Å². The first kappa shape index (κ1) is 14.4. The van der Waals surface area contributed by atoms with Crippen LogP contribution in [0.1, 0.15) is 25.3 Å². The average Bonchev–Trinajstić information content (AvgIpc) is 2.34. The molecule has 4 heteroatoms. The van der Waals surface area contributed by atoms with E-state index in [9.17, 15) is 4.79 Å². The number of aryl methyl sites for hydroxylation is 1. The van der Waals surface area contributed by atoms with Crippen molar-refractivity contribution in [1.29, 1.82) is 0 Å². The number of ether oxygens (including phenoxy) is 2. The summed E-state index contributed by atoms with van der Waals surface area (Å²) >= 11 is 0. The summed E-state index contributed by atoms with van der Waals surface area (Å²) < 4.78 is 10.5. The number of rotatable bonds is 7. The monoisotopic (exact) mass is 251 g/mol. The summed E-state index contributed by atoms with van der Waals surface area (Å²) in [6.45, 7) is 4.36. The third-order valence-electron chi connectivity index (χ3n) is 2.74. The van der Waals surface area contributed by atoms with Crippen molar-refractivity contribution in [1.82, 2.24) is 0 Å². The first-order valence-electron chi connectivity index (χ1n) is 6.04. The van der Waals surface area contributed by atoms with Crippen molar-refractivity contribution < 1.29 is 14.3 Å². The lowest BCUT2D eigenvalue weighted by Gasteiger charge is -2.15. The second-order valence-corrected chi connectivity index (χ2v) is 4.25. The fourth-order valence-corrected chi connectivity index (χ4v) is 1.78. The van der Waals surface area contributed by atoms with E-state index in [4.69, 9.17) is 9.47 Å². The molecular formula is C14H21NO3. The van der Waals surface area contributed by atoms with Gasteiger partial charge in [-0.05, 0) is 31.9 Å². The number of benzene rings is 1. The predicted molar refractivity (Wildman–Crippen MR) is 72.7 cm³/mol. The summed E-state index contributed by atoms with van der Waals surface area (Å²) in [5.41, 5.74) is 2.02. The molecule has 0 amide bonds. The van der Waals surface area contributed by atoms with Crippen molar-refractivity contribution in [2.75, 3.05) is 26.1 Å². The molecule has 0 radical (unpaired) electrons. The lowest BCUT2D eigenvalue weighted by molar-refractivity contribution is -0.117. The molecule has 0 saturated carbocycles. The molecule has 100 valence electrons. The van der Waals surface area contributed by atoms with Gasteiger partial charge in [0.25, 0.3) is 0 Å². The number of methoxy groups -OCH3 is 2. The van der Waals surface area contributed by atoms with E-state index in [2.05, 4.69) is 5.32 Å². The van der Waals surface area contributed by atoms with E-state index in [0.717, 1.165) is 35.7 Å². The van der Waals surface area contributed by atoms with Crippen LogP contribution in [0.2, 0.25) is 0 Å². The van der Waals surface area contributed by atoms with Gasteiger partial charge in [-0.25, -0.2) is 0 Å². The van der Waals surface area contributed by atoms with Crippen LogP contribution in [0.15, 0.2) is 12.1 Å². The third-order valence-corrected chi connectivity index (χ3v) is 2.74. The first-order valence-corrected chi connectivity index (χ1v) is 6.04. The van der Waals surface area contributed by atoms with Crippen LogP contribution < -0.4 is 14.8 Å². The molecule has 0 fully saturated rings. The van der Waals surface area contributed by atoms with Gasteiger partial charge in [0.05, 0.1) is 19.9 Å². The Morgan fingerprint density at radius 1 is 1.28 bits per heavy atom. The number of carbonyl (C=O) groups excluding carboxylic acids is 1. The van der Waals surface area contributed by atoms with Crippen LogP contribution in [0.3, 0.4) is 0 Å². The summed E-state index contributed by atoms with van der Waals surface area (Å²) in [6.07, 6.45) is 1.43. The van der Waals surface area contributed by atoms with Crippen molar-refractivity contribution in [2.24, 2.45) is 0 Å². The highest BCUT2D eigenvalue weighted by Gasteiger charge is 2.08. The average molecular weight is 251 g/mol. The Balaban J connectivity index is 2.72. The van der Waals surface area contributed by atoms with Crippen LogP contribution in [0, 0.1) is 6.92 Å². The van der Waals surface area contributed by atoms with Crippen molar-refractivity contribution in [2.45, 2.75) is 26.7 Å². The predicted octanol–water partition coefficient (Wildman–Crippen LogP) is 2.79. The maximum atomic E-state index is 10.9. The molecule has 0 heterocycles. The minimum absolute atomic E-state index is 0.218. The van der Waals surface area contributed by atoms with Crippen molar-refractivity contribution >= 4 is 11.5 Å². The largest absolute Gasteiger partial charge is 0.497 e. The molecule has 1 aromatic rings. The van der Waals surface area contributed by atoms with E-state index in [-0.39, 0.29) is 5.78 Å². The lowest BCUT2D eigenvalue weighted by atomic mass is 10.1. The molecule has 0 aromatic heterocycles. The van der Waals surface area contributed by atoms with E-state index in [1.165, 1.54) is 0 Å². The molecule has 1 N–H and O–H groups in total. The number of anilines is 1. The molecule has 0 aliphatic heterocycles. The number of nitrogens with one attached hydrogen (secondary N) is 1. The fourth-order valence-electron chi connectivity index (χ4n) is 1.78. The minimum atomic E-state index is 0.218. The molecular weight excluding hydrogens is 230 g/mol. The molecule has 1 aromatic carbocycles. The highest BCUT2D eigenvalue weighted by Crippen LogP contribution is 2.32. The van der Waals surface area contributed by atoms with Gasteiger partial charge < -0.3 is 19.6 Å². The van der Waals surface area contributed by atoms with E-state index < -0.39 is 0 Å². The van der Waals surface area contributed by atoms with Crippen LogP contribution in [0.25, 0.3) is 0 Å². The van der Waals surface area contributed by atoms with Crippen LogP contribution in [-0.4, -0.2) is 26.5 Å². The van der Waals surface area contributed by atoms with Gasteiger partial charge in [-0.15, -0.1) is 0 Å². The fraction of sp³-hybridized carbons (Fsp3) is 0.500. The zero-order valence-electron chi connectivity index (χ0n) is 11.5. The van der Waals surface area contributed by atoms with Crippen LogP contribution in [0.5, 0.6) is 11.5 Å². The molecule has 0 unspecified atom stereocenters. The molecule has 0 spiro atoms. The number of Topliss-reactive ketones (excluding diaryl/α,β-unsaturated/α-hetero) is 1. The van der Waals surface area contributed by atoms with E-state index in [1.807, 2.05) is 19.1 Å². The van der Waals surface area contributed by atoms with Crippen LogP contribution >= 0.6 is 0 Å². The quantitative estimate of drug-likeness (QED) is 0.757. The normalized spacial score (nSPS) is 10.0. The highest BCUT2D eigenvalue weighted by molar-refractivity contribution is 5.75. The minimum Gasteiger partial charge on any atom is -0.497 e. The molecule has 0 aliphatic rings. The number of hydrogen-bond donors (Lipinski definition) is 1. The van der Waals surface area contributed by atoms with Crippen molar-refractivity contribution in [3.63, 3.8) is 0 Å². The Bertz CT molecular complexity index is 416.